The second-order valence-electron chi connectivity index (χ2n) is 8.06. The molecule has 8 nitrogen and oxygen atoms in total. The van der Waals surface area contributed by atoms with Gasteiger partial charge in [-0.25, -0.2) is 4.79 Å². The summed E-state index contributed by atoms with van der Waals surface area (Å²) in [7, 11) is 0. The number of anilines is 2. The van der Waals surface area contributed by atoms with Gasteiger partial charge >= 0.3 is 11.9 Å². The van der Waals surface area contributed by atoms with Crippen molar-refractivity contribution in [2.75, 3.05) is 30.0 Å². The number of esters is 2. The summed E-state index contributed by atoms with van der Waals surface area (Å²) in [6, 6.07) is 12.1. The fraction of sp³-hybridized carbons (Fsp3) is 0.360. The molecule has 0 unspecified atom stereocenters. The number of ether oxygens (including phenoxy) is 2. The number of amides is 2. The molecule has 1 atom stereocenters. The lowest BCUT2D eigenvalue weighted by Gasteiger charge is -2.17. The molecule has 1 aliphatic rings. The average Bonchev–Trinajstić information content (AvgIpc) is 3.19. The number of nitrogens with zero attached hydrogens (tertiary/aromatic N) is 1. The first kappa shape index (κ1) is 24.0. The van der Waals surface area contributed by atoms with Crippen LogP contribution in [0, 0.1) is 19.8 Å². The number of nitrogens with one attached hydrogen (secondary N) is 1. The van der Waals surface area contributed by atoms with Crippen molar-refractivity contribution >= 4 is 35.1 Å². The Morgan fingerprint density at radius 1 is 1.06 bits per heavy atom. The van der Waals surface area contributed by atoms with Crippen LogP contribution in [0.1, 0.15) is 41.3 Å². The van der Waals surface area contributed by atoms with Crippen molar-refractivity contribution in [1.82, 2.24) is 0 Å². The van der Waals surface area contributed by atoms with Gasteiger partial charge in [0.15, 0.2) is 6.61 Å². The minimum Gasteiger partial charge on any atom is -0.462 e. The number of carbonyl (C=O) groups is 4. The Balaban J connectivity index is 1.52. The molecule has 0 aromatic heterocycles. The summed E-state index contributed by atoms with van der Waals surface area (Å²) >= 11 is 0. The van der Waals surface area contributed by atoms with Crippen molar-refractivity contribution in [3.63, 3.8) is 0 Å². The number of rotatable bonds is 8. The lowest BCUT2D eigenvalue weighted by Crippen LogP contribution is -2.28. The summed E-state index contributed by atoms with van der Waals surface area (Å²) in [5.74, 6) is -2.35. The lowest BCUT2D eigenvalue weighted by molar-refractivity contribution is -0.151. The number of hydrogen-bond donors (Lipinski definition) is 1. The van der Waals surface area contributed by atoms with Crippen LogP contribution in [0.4, 0.5) is 11.4 Å². The minimum atomic E-state index is -0.666. The number of aryl methyl sites for hydroxylation is 2. The zero-order valence-corrected chi connectivity index (χ0v) is 19.1. The van der Waals surface area contributed by atoms with Crippen LogP contribution in [0.2, 0.25) is 0 Å². The molecule has 1 saturated heterocycles. The third kappa shape index (κ3) is 6.19. The molecule has 1 N–H and O–H groups in total. The van der Waals surface area contributed by atoms with E-state index in [0.717, 1.165) is 17.5 Å². The number of carbonyl (C=O) groups excluding carboxylic acids is 4. The van der Waals surface area contributed by atoms with E-state index < -0.39 is 30.4 Å². The van der Waals surface area contributed by atoms with E-state index in [-0.39, 0.29) is 18.9 Å². The highest BCUT2D eigenvalue weighted by Gasteiger charge is 2.36. The predicted molar refractivity (Wildman–Crippen MR) is 123 cm³/mol. The van der Waals surface area contributed by atoms with Gasteiger partial charge in [-0.15, -0.1) is 0 Å². The van der Waals surface area contributed by atoms with E-state index in [4.69, 9.17) is 9.47 Å². The normalized spacial score (nSPS) is 15.3. The van der Waals surface area contributed by atoms with Crippen LogP contribution in [0.3, 0.4) is 0 Å². The summed E-state index contributed by atoms with van der Waals surface area (Å²) in [6.45, 7) is 5.82. The van der Waals surface area contributed by atoms with Crippen molar-refractivity contribution in [2.45, 2.75) is 33.6 Å². The zero-order valence-electron chi connectivity index (χ0n) is 19.1. The van der Waals surface area contributed by atoms with E-state index in [1.165, 1.54) is 4.90 Å². The van der Waals surface area contributed by atoms with Crippen LogP contribution in [0.15, 0.2) is 42.5 Å². The van der Waals surface area contributed by atoms with Gasteiger partial charge in [0, 0.05) is 24.3 Å². The molecular formula is C25H28N2O6. The SMILES string of the molecule is CCCOC(=O)c1ccc(N2C[C@@H](C(=O)OCC(=O)Nc3ccc(C)cc3C)CC2=O)cc1. The number of benzene rings is 2. The molecule has 33 heavy (non-hydrogen) atoms. The Morgan fingerprint density at radius 3 is 2.45 bits per heavy atom. The first-order chi connectivity index (χ1) is 15.8. The van der Waals surface area contributed by atoms with Crippen LogP contribution in [-0.4, -0.2) is 43.5 Å². The molecule has 2 aromatic carbocycles. The van der Waals surface area contributed by atoms with Crippen LogP contribution < -0.4 is 10.2 Å². The molecule has 2 aromatic rings. The van der Waals surface area contributed by atoms with Gasteiger partial charge in [-0.2, -0.15) is 0 Å². The van der Waals surface area contributed by atoms with E-state index in [9.17, 15) is 19.2 Å². The van der Waals surface area contributed by atoms with Gasteiger partial charge in [-0.3, -0.25) is 14.4 Å². The van der Waals surface area contributed by atoms with Gasteiger partial charge in [-0.05, 0) is 56.2 Å². The Bertz CT molecular complexity index is 1050. The second kappa shape index (κ2) is 10.8. The molecule has 0 spiro atoms. The van der Waals surface area contributed by atoms with Crippen molar-refractivity contribution in [3.05, 3.63) is 59.2 Å². The molecule has 174 valence electrons. The van der Waals surface area contributed by atoms with Gasteiger partial charge in [0.25, 0.3) is 5.91 Å². The summed E-state index contributed by atoms with van der Waals surface area (Å²) in [5, 5.41) is 2.72. The van der Waals surface area contributed by atoms with E-state index in [2.05, 4.69) is 5.32 Å². The fourth-order valence-corrected chi connectivity index (χ4v) is 3.57. The molecule has 0 radical (unpaired) electrons. The van der Waals surface area contributed by atoms with Crippen molar-refractivity contribution in [2.24, 2.45) is 5.92 Å². The van der Waals surface area contributed by atoms with Crippen LogP contribution in [0.25, 0.3) is 0 Å². The highest BCUT2D eigenvalue weighted by atomic mass is 16.5. The van der Waals surface area contributed by atoms with Gasteiger partial charge in [0.1, 0.15) is 0 Å². The smallest absolute Gasteiger partial charge is 0.338 e. The Morgan fingerprint density at radius 2 is 1.79 bits per heavy atom. The predicted octanol–water partition coefficient (Wildman–Crippen LogP) is 3.41. The van der Waals surface area contributed by atoms with Crippen molar-refractivity contribution in [3.8, 4) is 0 Å². The molecule has 8 heteroatoms. The van der Waals surface area contributed by atoms with E-state index >= 15 is 0 Å². The minimum absolute atomic E-state index is 0.00217. The summed E-state index contributed by atoms with van der Waals surface area (Å²) in [6.07, 6.45) is 0.731. The average molecular weight is 453 g/mol. The lowest BCUT2D eigenvalue weighted by atomic mass is 10.1. The third-order valence-corrected chi connectivity index (χ3v) is 5.31. The maximum atomic E-state index is 12.4. The highest BCUT2D eigenvalue weighted by molar-refractivity contribution is 6.00. The van der Waals surface area contributed by atoms with Gasteiger partial charge in [0.2, 0.25) is 5.91 Å². The van der Waals surface area contributed by atoms with Crippen LogP contribution >= 0.6 is 0 Å². The Labute approximate surface area is 192 Å². The third-order valence-electron chi connectivity index (χ3n) is 5.31. The van der Waals surface area contributed by atoms with Crippen molar-refractivity contribution in [1.29, 1.82) is 0 Å². The molecule has 2 amide bonds. The molecule has 0 bridgehead atoms. The van der Waals surface area contributed by atoms with Gasteiger partial charge < -0.3 is 19.7 Å². The monoisotopic (exact) mass is 452 g/mol. The topological polar surface area (TPSA) is 102 Å². The zero-order chi connectivity index (χ0) is 24.0. The molecule has 1 heterocycles. The van der Waals surface area contributed by atoms with E-state index in [0.29, 0.717) is 23.5 Å². The summed E-state index contributed by atoms with van der Waals surface area (Å²) < 4.78 is 10.2. The first-order valence-corrected chi connectivity index (χ1v) is 10.9. The molecule has 0 saturated carbocycles. The second-order valence-corrected chi connectivity index (χ2v) is 8.06. The Hall–Kier alpha value is -3.68. The van der Waals surface area contributed by atoms with Crippen molar-refractivity contribution < 1.29 is 28.7 Å². The molecule has 1 fully saturated rings. The van der Waals surface area contributed by atoms with Crippen LogP contribution in [-0.2, 0) is 23.9 Å². The quantitative estimate of drug-likeness (QED) is 0.616. The fourth-order valence-electron chi connectivity index (χ4n) is 3.57. The van der Waals surface area contributed by atoms with E-state index in [1.54, 1.807) is 30.3 Å². The molecule has 3 rings (SSSR count). The van der Waals surface area contributed by atoms with Crippen LogP contribution in [0.5, 0.6) is 0 Å². The summed E-state index contributed by atoms with van der Waals surface area (Å²) in [4.78, 5) is 50.4. The summed E-state index contributed by atoms with van der Waals surface area (Å²) in [5.41, 5.74) is 3.63. The molecular weight excluding hydrogens is 424 g/mol. The van der Waals surface area contributed by atoms with E-state index in [1.807, 2.05) is 32.9 Å². The molecule has 0 aliphatic carbocycles. The standard InChI is InChI=1S/C25H28N2O6/c1-4-11-32-24(30)18-6-8-20(9-7-18)27-14-19(13-23(27)29)25(31)33-15-22(28)26-21-10-5-16(2)12-17(21)3/h5-10,12,19H,4,11,13-15H2,1-3H3,(H,26,28)/t19-/m0/s1. The number of hydrogen-bond acceptors (Lipinski definition) is 6. The van der Waals surface area contributed by atoms with Gasteiger partial charge in [0.05, 0.1) is 18.1 Å². The molecule has 1 aliphatic heterocycles. The maximum Gasteiger partial charge on any atom is 0.338 e. The highest BCUT2D eigenvalue weighted by Crippen LogP contribution is 2.26. The largest absolute Gasteiger partial charge is 0.462 e. The van der Waals surface area contributed by atoms with Gasteiger partial charge in [-0.1, -0.05) is 24.6 Å². The first-order valence-electron chi connectivity index (χ1n) is 10.9. The maximum absolute atomic E-state index is 12.4. The Kier molecular flexibility index (Phi) is 7.82.